The number of methoxy groups -OCH3 is 3. The fourth-order valence-corrected chi connectivity index (χ4v) is 4.21. The zero-order valence-electron chi connectivity index (χ0n) is 20.1. The van der Waals surface area contributed by atoms with Gasteiger partial charge in [0.05, 0.1) is 38.6 Å². The van der Waals surface area contributed by atoms with Crippen LogP contribution in [0.15, 0.2) is 72.3 Å². The summed E-state index contributed by atoms with van der Waals surface area (Å²) in [7, 11) is 4.54. The fourth-order valence-electron chi connectivity index (χ4n) is 4.21. The molecule has 1 unspecified atom stereocenters. The van der Waals surface area contributed by atoms with E-state index in [-0.39, 0.29) is 11.3 Å². The number of benzene rings is 3. The zero-order chi connectivity index (χ0) is 25.1. The lowest BCUT2D eigenvalue weighted by Crippen LogP contribution is -2.29. The summed E-state index contributed by atoms with van der Waals surface area (Å²) in [6.45, 7) is 2.05. The van der Waals surface area contributed by atoms with E-state index in [4.69, 9.17) is 14.2 Å². The van der Waals surface area contributed by atoms with Gasteiger partial charge in [0, 0.05) is 23.8 Å². The Hall–Kier alpha value is -4.26. The molecule has 0 bridgehead atoms. The zero-order valence-corrected chi connectivity index (χ0v) is 20.1. The fraction of sp³-hybridized carbons (Fsp3) is 0.214. The van der Waals surface area contributed by atoms with Gasteiger partial charge in [-0.05, 0) is 29.7 Å². The molecule has 0 aliphatic carbocycles. The van der Waals surface area contributed by atoms with Gasteiger partial charge in [-0.15, -0.1) is 0 Å². The van der Waals surface area contributed by atoms with Crippen LogP contribution in [0.4, 0.5) is 5.69 Å². The van der Waals surface area contributed by atoms with Crippen molar-refractivity contribution in [2.24, 2.45) is 0 Å². The highest BCUT2D eigenvalue weighted by molar-refractivity contribution is 6.51. The first-order valence-electron chi connectivity index (χ1n) is 11.2. The molecule has 3 aromatic carbocycles. The molecule has 0 aromatic heterocycles. The smallest absolute Gasteiger partial charge is 0.300 e. The normalized spacial score (nSPS) is 16.9. The number of aliphatic hydroxyl groups is 1. The predicted octanol–water partition coefficient (Wildman–Crippen LogP) is 4.90. The second-order valence-electron chi connectivity index (χ2n) is 8.07. The van der Waals surface area contributed by atoms with Crippen LogP contribution < -0.4 is 19.1 Å². The molecule has 7 heteroatoms. The Bertz CT molecular complexity index is 1270. The molecule has 7 nitrogen and oxygen atoms in total. The van der Waals surface area contributed by atoms with Crippen molar-refractivity contribution in [1.29, 1.82) is 0 Å². The Balaban J connectivity index is 1.96. The molecule has 1 fully saturated rings. The van der Waals surface area contributed by atoms with Gasteiger partial charge in [0.15, 0.2) is 0 Å². The summed E-state index contributed by atoms with van der Waals surface area (Å²) in [5, 5.41) is 11.3. The van der Waals surface area contributed by atoms with Gasteiger partial charge in [0.25, 0.3) is 11.7 Å². The van der Waals surface area contributed by atoms with Crippen molar-refractivity contribution in [2.45, 2.75) is 19.4 Å². The third-order valence-corrected chi connectivity index (χ3v) is 6.11. The predicted molar refractivity (Wildman–Crippen MR) is 133 cm³/mol. The van der Waals surface area contributed by atoms with Gasteiger partial charge < -0.3 is 19.3 Å². The van der Waals surface area contributed by atoms with Gasteiger partial charge >= 0.3 is 0 Å². The van der Waals surface area contributed by atoms with Crippen molar-refractivity contribution in [3.8, 4) is 17.2 Å². The standard InChI is InChI=1S/C28H27NO6/c1-5-17-9-11-18(12-10-17)25-24(26(30)19-7-6-8-21(13-19)33-2)27(31)28(32)29(25)20-14-22(34-3)16-23(15-20)35-4/h6-16,25,30H,5H2,1-4H3/b26-24+. The lowest BCUT2D eigenvalue weighted by molar-refractivity contribution is -0.132. The topological polar surface area (TPSA) is 85.3 Å². The third-order valence-electron chi connectivity index (χ3n) is 6.11. The maximum atomic E-state index is 13.4. The second-order valence-corrected chi connectivity index (χ2v) is 8.07. The molecule has 1 heterocycles. The van der Waals surface area contributed by atoms with Crippen LogP contribution in [0.5, 0.6) is 17.2 Å². The van der Waals surface area contributed by atoms with Crippen molar-refractivity contribution in [3.63, 3.8) is 0 Å². The Labute approximate surface area is 204 Å². The summed E-state index contributed by atoms with van der Waals surface area (Å²) in [5.41, 5.74) is 2.58. The van der Waals surface area contributed by atoms with Gasteiger partial charge in [-0.3, -0.25) is 14.5 Å². The number of aliphatic hydroxyl groups excluding tert-OH is 1. The number of hydrogen-bond acceptors (Lipinski definition) is 6. The molecule has 0 spiro atoms. The molecule has 1 aliphatic heterocycles. The summed E-state index contributed by atoms with van der Waals surface area (Å²) in [6.07, 6.45) is 0.845. The summed E-state index contributed by atoms with van der Waals surface area (Å²) < 4.78 is 16.0. The third kappa shape index (κ3) is 4.45. The first kappa shape index (κ1) is 23.9. The number of Topliss-reactive ketones (excluding diaryl/α,β-unsaturated/α-hetero) is 1. The molecule has 0 radical (unpaired) electrons. The average molecular weight is 474 g/mol. The Morgan fingerprint density at radius 3 is 2.06 bits per heavy atom. The molecular formula is C28H27NO6. The number of aryl methyl sites for hydroxylation is 1. The summed E-state index contributed by atoms with van der Waals surface area (Å²) in [5.74, 6) is -0.358. The number of ether oxygens (including phenoxy) is 3. The maximum Gasteiger partial charge on any atom is 0.300 e. The lowest BCUT2D eigenvalue weighted by Gasteiger charge is -2.26. The summed E-state index contributed by atoms with van der Waals surface area (Å²) >= 11 is 0. The van der Waals surface area contributed by atoms with Crippen molar-refractivity contribution >= 4 is 23.1 Å². The van der Waals surface area contributed by atoms with Crippen LogP contribution in [-0.4, -0.2) is 38.1 Å². The highest BCUT2D eigenvalue weighted by Gasteiger charge is 2.47. The van der Waals surface area contributed by atoms with E-state index in [1.807, 2.05) is 31.2 Å². The number of rotatable bonds is 7. The van der Waals surface area contributed by atoms with Crippen LogP contribution >= 0.6 is 0 Å². The van der Waals surface area contributed by atoms with Crippen molar-refractivity contribution in [1.82, 2.24) is 0 Å². The van der Waals surface area contributed by atoms with Crippen LogP contribution in [0, 0.1) is 0 Å². The van der Waals surface area contributed by atoms with Crippen LogP contribution in [0.1, 0.15) is 29.7 Å². The summed E-state index contributed by atoms with van der Waals surface area (Å²) in [6, 6.07) is 18.5. The SMILES string of the molecule is CCc1ccc(C2/C(=C(\O)c3cccc(OC)c3)C(=O)C(=O)N2c2cc(OC)cc(OC)c2)cc1. The molecule has 3 aromatic rings. The number of nitrogens with zero attached hydrogens (tertiary/aromatic N) is 1. The molecule has 1 atom stereocenters. The highest BCUT2D eigenvalue weighted by Crippen LogP contribution is 2.44. The van der Waals surface area contributed by atoms with Crippen LogP contribution in [-0.2, 0) is 16.0 Å². The van der Waals surface area contributed by atoms with Crippen LogP contribution in [0.2, 0.25) is 0 Å². The summed E-state index contributed by atoms with van der Waals surface area (Å²) in [4.78, 5) is 28.2. The van der Waals surface area contributed by atoms with E-state index in [0.29, 0.717) is 34.1 Å². The molecule has 4 rings (SSSR count). The molecule has 180 valence electrons. The van der Waals surface area contributed by atoms with Crippen LogP contribution in [0.25, 0.3) is 5.76 Å². The van der Waals surface area contributed by atoms with Gasteiger partial charge in [0.2, 0.25) is 0 Å². The van der Waals surface area contributed by atoms with Crippen molar-refractivity contribution < 1.29 is 28.9 Å². The first-order chi connectivity index (χ1) is 16.9. The second kappa shape index (κ2) is 9.93. The largest absolute Gasteiger partial charge is 0.507 e. The van der Waals surface area contributed by atoms with E-state index in [2.05, 4.69) is 0 Å². The Morgan fingerprint density at radius 1 is 0.857 bits per heavy atom. The maximum absolute atomic E-state index is 13.4. The van der Waals surface area contributed by atoms with E-state index >= 15 is 0 Å². The minimum atomic E-state index is -0.857. The molecule has 1 N–H and O–H groups in total. The molecule has 0 saturated carbocycles. The minimum absolute atomic E-state index is 0.00529. The van der Waals surface area contributed by atoms with E-state index < -0.39 is 17.7 Å². The highest BCUT2D eigenvalue weighted by atomic mass is 16.5. The van der Waals surface area contributed by atoms with Gasteiger partial charge in [-0.1, -0.05) is 43.3 Å². The van der Waals surface area contributed by atoms with Gasteiger partial charge in [-0.2, -0.15) is 0 Å². The molecular weight excluding hydrogens is 446 g/mol. The van der Waals surface area contributed by atoms with E-state index in [0.717, 1.165) is 12.0 Å². The van der Waals surface area contributed by atoms with E-state index in [9.17, 15) is 14.7 Å². The van der Waals surface area contributed by atoms with Gasteiger partial charge in [0.1, 0.15) is 23.0 Å². The van der Waals surface area contributed by atoms with Crippen LogP contribution in [0.3, 0.4) is 0 Å². The Morgan fingerprint density at radius 2 is 1.49 bits per heavy atom. The number of carbonyl (C=O) groups is 2. The van der Waals surface area contributed by atoms with Crippen molar-refractivity contribution in [3.05, 3.63) is 89.0 Å². The number of amides is 1. The molecule has 35 heavy (non-hydrogen) atoms. The first-order valence-corrected chi connectivity index (χ1v) is 11.2. The number of hydrogen-bond donors (Lipinski definition) is 1. The van der Waals surface area contributed by atoms with E-state index in [1.165, 1.54) is 26.2 Å². The van der Waals surface area contributed by atoms with Crippen molar-refractivity contribution in [2.75, 3.05) is 26.2 Å². The van der Waals surface area contributed by atoms with E-state index in [1.54, 1.807) is 42.5 Å². The Kier molecular flexibility index (Phi) is 6.78. The monoisotopic (exact) mass is 473 g/mol. The average Bonchev–Trinajstić information content (AvgIpc) is 3.17. The quantitative estimate of drug-likeness (QED) is 0.298. The number of ketones is 1. The van der Waals surface area contributed by atoms with Gasteiger partial charge in [-0.25, -0.2) is 0 Å². The molecule has 1 saturated heterocycles. The lowest BCUT2D eigenvalue weighted by atomic mass is 9.94. The number of anilines is 1. The minimum Gasteiger partial charge on any atom is -0.507 e. The molecule has 1 aliphatic rings. The number of carbonyl (C=O) groups excluding carboxylic acids is 2. The molecule has 1 amide bonds.